The first kappa shape index (κ1) is 12.4. The van der Waals surface area contributed by atoms with E-state index >= 15 is 0 Å². The second-order valence-corrected chi connectivity index (χ2v) is 4.12. The van der Waals surface area contributed by atoms with E-state index in [2.05, 4.69) is 5.32 Å². The molecule has 1 heterocycles. The van der Waals surface area contributed by atoms with Gasteiger partial charge in [0.25, 0.3) is 6.43 Å². The number of nitrogens with zero attached hydrogens (tertiary/aromatic N) is 1. The Balaban J connectivity index is 2.21. The Bertz CT molecular complexity index is 365. The first-order valence-corrected chi connectivity index (χ1v) is 5.67. The second-order valence-electron chi connectivity index (χ2n) is 4.12. The van der Waals surface area contributed by atoms with Crippen molar-refractivity contribution in [2.45, 2.75) is 12.5 Å². The second kappa shape index (κ2) is 5.51. The molecule has 1 N–H and O–H groups in total. The lowest BCUT2D eigenvalue weighted by molar-refractivity contribution is 0.0180. The highest BCUT2D eigenvalue weighted by Gasteiger charge is 2.30. The summed E-state index contributed by atoms with van der Waals surface area (Å²) in [6.07, 6.45) is -2.50. The van der Waals surface area contributed by atoms with Crippen molar-refractivity contribution in [3.63, 3.8) is 0 Å². The molecule has 1 saturated heterocycles. The average Bonchev–Trinajstić information content (AvgIpc) is 2.30. The minimum absolute atomic E-state index is 0.349. The fraction of sp³-hybridized carbons (Fsp3) is 0.500. The number of alkyl halides is 2. The van der Waals surface area contributed by atoms with Crippen LogP contribution < -0.4 is 5.32 Å². The van der Waals surface area contributed by atoms with Gasteiger partial charge in [-0.25, -0.2) is 13.2 Å². The van der Waals surface area contributed by atoms with E-state index in [9.17, 15) is 13.2 Å². The SMILES string of the molecule is Fc1cccc([C@H](C(F)F)N2CCNCC2)c1. The fourth-order valence-electron chi connectivity index (χ4n) is 2.17. The zero-order chi connectivity index (χ0) is 12.3. The summed E-state index contributed by atoms with van der Waals surface area (Å²) in [5.41, 5.74) is 0.349. The third kappa shape index (κ3) is 2.98. The Morgan fingerprint density at radius 1 is 1.18 bits per heavy atom. The molecule has 1 fully saturated rings. The Morgan fingerprint density at radius 3 is 2.47 bits per heavy atom. The average molecular weight is 244 g/mol. The number of hydrogen-bond acceptors (Lipinski definition) is 2. The molecular formula is C12H15F3N2. The van der Waals surface area contributed by atoms with Crippen molar-refractivity contribution in [3.8, 4) is 0 Å². The molecule has 1 atom stereocenters. The van der Waals surface area contributed by atoms with Crippen LogP contribution in [-0.4, -0.2) is 37.5 Å². The van der Waals surface area contributed by atoms with E-state index in [0.29, 0.717) is 31.7 Å². The van der Waals surface area contributed by atoms with Gasteiger partial charge in [-0.1, -0.05) is 12.1 Å². The van der Waals surface area contributed by atoms with Crippen molar-refractivity contribution in [2.24, 2.45) is 0 Å². The Hall–Kier alpha value is -1.07. The number of benzene rings is 1. The van der Waals surface area contributed by atoms with Crippen molar-refractivity contribution >= 4 is 0 Å². The van der Waals surface area contributed by atoms with Crippen LogP contribution in [-0.2, 0) is 0 Å². The molecule has 0 spiro atoms. The Morgan fingerprint density at radius 2 is 1.88 bits per heavy atom. The van der Waals surface area contributed by atoms with Gasteiger partial charge < -0.3 is 5.32 Å². The highest BCUT2D eigenvalue weighted by Crippen LogP contribution is 2.28. The van der Waals surface area contributed by atoms with Gasteiger partial charge in [0.1, 0.15) is 5.82 Å². The molecule has 0 aromatic heterocycles. The largest absolute Gasteiger partial charge is 0.314 e. The zero-order valence-electron chi connectivity index (χ0n) is 9.37. The maximum atomic E-state index is 13.1. The van der Waals surface area contributed by atoms with Crippen molar-refractivity contribution in [3.05, 3.63) is 35.6 Å². The molecule has 1 aliphatic heterocycles. The molecule has 17 heavy (non-hydrogen) atoms. The van der Waals surface area contributed by atoms with Gasteiger partial charge in [-0.3, -0.25) is 4.90 Å². The topological polar surface area (TPSA) is 15.3 Å². The maximum Gasteiger partial charge on any atom is 0.258 e. The number of rotatable bonds is 3. The van der Waals surface area contributed by atoms with Gasteiger partial charge in [0.2, 0.25) is 0 Å². The van der Waals surface area contributed by atoms with Crippen LogP contribution in [0, 0.1) is 5.82 Å². The first-order chi connectivity index (χ1) is 8.18. The van der Waals surface area contributed by atoms with Crippen LogP contribution in [0.5, 0.6) is 0 Å². The molecule has 2 nitrogen and oxygen atoms in total. The summed E-state index contributed by atoms with van der Waals surface area (Å²) in [7, 11) is 0. The summed E-state index contributed by atoms with van der Waals surface area (Å²) >= 11 is 0. The van der Waals surface area contributed by atoms with Crippen LogP contribution in [0.15, 0.2) is 24.3 Å². The highest BCUT2D eigenvalue weighted by molar-refractivity contribution is 5.21. The van der Waals surface area contributed by atoms with Crippen molar-refractivity contribution in [1.82, 2.24) is 10.2 Å². The summed E-state index contributed by atoms with van der Waals surface area (Å²) in [5, 5.41) is 3.11. The van der Waals surface area contributed by atoms with Gasteiger partial charge in [0.05, 0.1) is 6.04 Å². The smallest absolute Gasteiger partial charge is 0.258 e. The van der Waals surface area contributed by atoms with Crippen LogP contribution in [0.25, 0.3) is 0 Å². The van der Waals surface area contributed by atoms with E-state index < -0.39 is 18.3 Å². The lowest BCUT2D eigenvalue weighted by Crippen LogP contribution is -2.46. The van der Waals surface area contributed by atoms with E-state index in [1.807, 2.05) is 0 Å². The zero-order valence-corrected chi connectivity index (χ0v) is 9.37. The summed E-state index contributed by atoms with van der Waals surface area (Å²) < 4.78 is 39.3. The lowest BCUT2D eigenvalue weighted by Gasteiger charge is -2.34. The minimum Gasteiger partial charge on any atom is -0.314 e. The van der Waals surface area contributed by atoms with E-state index in [1.54, 1.807) is 11.0 Å². The summed E-state index contributed by atoms with van der Waals surface area (Å²) in [5.74, 6) is -0.469. The van der Waals surface area contributed by atoms with Crippen molar-refractivity contribution in [1.29, 1.82) is 0 Å². The van der Waals surface area contributed by atoms with Gasteiger partial charge in [0.15, 0.2) is 0 Å². The molecule has 5 heteroatoms. The van der Waals surface area contributed by atoms with Crippen LogP contribution >= 0.6 is 0 Å². The predicted octanol–water partition coefficient (Wildman–Crippen LogP) is 2.04. The molecule has 94 valence electrons. The monoisotopic (exact) mass is 244 g/mol. The van der Waals surface area contributed by atoms with E-state index in [4.69, 9.17) is 0 Å². The van der Waals surface area contributed by atoms with Gasteiger partial charge in [-0.15, -0.1) is 0 Å². The van der Waals surface area contributed by atoms with Gasteiger partial charge in [-0.05, 0) is 17.7 Å². The molecule has 1 aromatic rings. The number of nitrogens with one attached hydrogen (secondary N) is 1. The van der Waals surface area contributed by atoms with Crippen LogP contribution in [0.1, 0.15) is 11.6 Å². The minimum atomic E-state index is -2.50. The summed E-state index contributed by atoms with van der Waals surface area (Å²) in [6, 6.07) is 4.49. The third-order valence-electron chi connectivity index (χ3n) is 2.97. The molecule has 1 aliphatic rings. The molecule has 0 unspecified atom stereocenters. The van der Waals surface area contributed by atoms with E-state index in [-0.39, 0.29) is 0 Å². The molecule has 2 rings (SSSR count). The van der Waals surface area contributed by atoms with Crippen LogP contribution in [0.2, 0.25) is 0 Å². The van der Waals surface area contributed by atoms with E-state index in [1.165, 1.54) is 18.2 Å². The molecule has 0 radical (unpaired) electrons. The molecule has 0 aliphatic carbocycles. The first-order valence-electron chi connectivity index (χ1n) is 5.67. The lowest BCUT2D eigenvalue weighted by atomic mass is 10.0. The van der Waals surface area contributed by atoms with Crippen LogP contribution in [0.3, 0.4) is 0 Å². The van der Waals surface area contributed by atoms with Crippen molar-refractivity contribution < 1.29 is 13.2 Å². The molecular weight excluding hydrogens is 229 g/mol. The normalized spacial score (nSPS) is 19.5. The summed E-state index contributed by atoms with van der Waals surface area (Å²) in [6.45, 7) is 2.51. The highest BCUT2D eigenvalue weighted by atomic mass is 19.3. The number of hydrogen-bond donors (Lipinski definition) is 1. The standard InChI is InChI=1S/C12H15F3N2/c13-10-3-1-2-9(8-10)11(12(14)15)17-6-4-16-5-7-17/h1-3,8,11-12,16H,4-7H2/t11-/m1/s1. The van der Waals surface area contributed by atoms with Crippen molar-refractivity contribution in [2.75, 3.05) is 26.2 Å². The van der Waals surface area contributed by atoms with Gasteiger partial charge in [0, 0.05) is 26.2 Å². The predicted molar refractivity (Wildman–Crippen MR) is 59.6 cm³/mol. The van der Waals surface area contributed by atoms with E-state index in [0.717, 1.165) is 0 Å². The van der Waals surface area contributed by atoms with Gasteiger partial charge >= 0.3 is 0 Å². The quantitative estimate of drug-likeness (QED) is 0.875. The fourth-order valence-corrected chi connectivity index (χ4v) is 2.17. The summed E-state index contributed by atoms with van der Waals surface area (Å²) in [4.78, 5) is 1.70. The Labute approximate surface area is 98.4 Å². The van der Waals surface area contributed by atoms with Gasteiger partial charge in [-0.2, -0.15) is 0 Å². The molecule has 1 aromatic carbocycles. The molecule has 0 bridgehead atoms. The molecule has 0 amide bonds. The third-order valence-corrected chi connectivity index (χ3v) is 2.97. The molecule has 0 saturated carbocycles. The Kier molecular flexibility index (Phi) is 4.02. The van der Waals surface area contributed by atoms with Crippen LogP contribution in [0.4, 0.5) is 13.2 Å². The number of piperazine rings is 1. The number of halogens is 3. The maximum absolute atomic E-state index is 13.1.